The van der Waals surface area contributed by atoms with E-state index in [0.717, 1.165) is 27.0 Å². The molecule has 5 heteroatoms. The summed E-state index contributed by atoms with van der Waals surface area (Å²) in [5, 5.41) is 4.18. The molecule has 1 aromatic carbocycles. The fourth-order valence-corrected chi connectivity index (χ4v) is 2.37. The smallest absolute Gasteiger partial charge is 0.160 e. The number of hydrogen-bond acceptors (Lipinski definition) is 3. The normalized spacial score (nSPS) is 10.6. The van der Waals surface area contributed by atoms with Gasteiger partial charge in [0, 0.05) is 12.6 Å². The molecule has 0 unspecified atom stereocenters. The van der Waals surface area contributed by atoms with Crippen LogP contribution in [-0.2, 0) is 7.05 Å². The van der Waals surface area contributed by atoms with E-state index >= 15 is 0 Å². The lowest BCUT2D eigenvalue weighted by Gasteiger charge is -2.10. The molecule has 0 radical (unpaired) electrons. The second kappa shape index (κ2) is 4.41. The minimum absolute atomic E-state index is 0.478. The fourth-order valence-electron chi connectivity index (χ4n) is 1.82. The third kappa shape index (κ3) is 2.02. The molecule has 1 aromatic heterocycles. The zero-order valence-corrected chi connectivity index (χ0v) is 11.6. The van der Waals surface area contributed by atoms with Crippen LogP contribution < -0.4 is 10.5 Å². The van der Waals surface area contributed by atoms with E-state index in [4.69, 9.17) is 10.5 Å². The fraction of sp³-hybridized carbons (Fsp3) is 0.250. The van der Waals surface area contributed by atoms with Crippen molar-refractivity contribution < 1.29 is 4.74 Å². The van der Waals surface area contributed by atoms with E-state index in [1.165, 1.54) is 0 Å². The Morgan fingerprint density at radius 3 is 2.65 bits per heavy atom. The van der Waals surface area contributed by atoms with E-state index in [-0.39, 0.29) is 0 Å². The molecule has 0 aliphatic rings. The Bertz CT molecular complexity index is 563. The van der Waals surface area contributed by atoms with Crippen molar-refractivity contribution in [3.8, 4) is 17.0 Å². The first-order valence-corrected chi connectivity index (χ1v) is 5.97. The van der Waals surface area contributed by atoms with Crippen molar-refractivity contribution in [1.82, 2.24) is 9.78 Å². The molecule has 2 aromatic rings. The van der Waals surface area contributed by atoms with Crippen molar-refractivity contribution in [2.45, 2.75) is 6.92 Å². The average Bonchev–Trinajstić information content (AvgIpc) is 2.53. The maximum absolute atomic E-state index is 5.79. The Balaban J connectivity index is 2.71. The summed E-state index contributed by atoms with van der Waals surface area (Å²) in [4.78, 5) is 0. The minimum atomic E-state index is 0.478. The van der Waals surface area contributed by atoms with Crippen molar-refractivity contribution in [2.24, 2.45) is 7.05 Å². The number of ether oxygens (including phenoxy) is 1. The van der Waals surface area contributed by atoms with Gasteiger partial charge in [0.1, 0.15) is 5.75 Å². The van der Waals surface area contributed by atoms with Gasteiger partial charge in [0.15, 0.2) is 5.82 Å². The average molecular weight is 296 g/mol. The van der Waals surface area contributed by atoms with Crippen LogP contribution in [-0.4, -0.2) is 16.9 Å². The molecule has 17 heavy (non-hydrogen) atoms. The molecular formula is C12H14BrN3O. The Morgan fingerprint density at radius 2 is 2.12 bits per heavy atom. The highest BCUT2D eigenvalue weighted by atomic mass is 79.9. The number of halogens is 1. The van der Waals surface area contributed by atoms with Crippen molar-refractivity contribution in [3.05, 3.63) is 28.2 Å². The van der Waals surface area contributed by atoms with E-state index in [2.05, 4.69) is 27.1 Å². The van der Waals surface area contributed by atoms with Crippen LogP contribution in [0.15, 0.2) is 22.7 Å². The monoisotopic (exact) mass is 295 g/mol. The number of nitrogens with zero attached hydrogens (tertiary/aromatic N) is 2. The van der Waals surface area contributed by atoms with Crippen LogP contribution in [0.1, 0.15) is 5.56 Å². The van der Waals surface area contributed by atoms with Gasteiger partial charge < -0.3 is 10.5 Å². The molecule has 0 aliphatic carbocycles. The van der Waals surface area contributed by atoms with Gasteiger partial charge in [0.2, 0.25) is 0 Å². The van der Waals surface area contributed by atoms with E-state index in [9.17, 15) is 0 Å². The quantitative estimate of drug-likeness (QED) is 0.927. The summed E-state index contributed by atoms with van der Waals surface area (Å²) < 4.78 is 7.91. The first kappa shape index (κ1) is 12.0. The van der Waals surface area contributed by atoms with Crippen molar-refractivity contribution in [2.75, 3.05) is 12.8 Å². The van der Waals surface area contributed by atoms with E-state index in [1.807, 2.05) is 26.1 Å². The third-order valence-corrected chi connectivity index (χ3v) is 3.41. The second-order valence-electron chi connectivity index (χ2n) is 3.88. The van der Waals surface area contributed by atoms with E-state index in [1.54, 1.807) is 11.8 Å². The summed E-state index contributed by atoms with van der Waals surface area (Å²) in [6, 6.07) is 6.01. The molecule has 0 atom stereocenters. The molecule has 4 nitrogen and oxygen atoms in total. The van der Waals surface area contributed by atoms with Gasteiger partial charge in [-0.3, -0.25) is 4.68 Å². The SMILES string of the molecule is COc1ccc(C)cc1-c1c(Br)c(N)nn1C. The lowest BCUT2D eigenvalue weighted by atomic mass is 10.1. The molecule has 0 saturated heterocycles. The number of benzene rings is 1. The predicted molar refractivity (Wildman–Crippen MR) is 72.0 cm³/mol. The molecule has 2 rings (SSSR count). The second-order valence-corrected chi connectivity index (χ2v) is 4.67. The molecule has 0 saturated carbocycles. The number of methoxy groups -OCH3 is 1. The largest absolute Gasteiger partial charge is 0.496 e. The van der Waals surface area contributed by atoms with Crippen LogP contribution in [0.2, 0.25) is 0 Å². The highest BCUT2D eigenvalue weighted by molar-refractivity contribution is 9.10. The standard InChI is InChI=1S/C12H14BrN3O/c1-7-4-5-9(17-3)8(6-7)11-10(13)12(14)15-16(11)2/h4-6H,1-3H3,(H2,14,15). The Kier molecular flexibility index (Phi) is 3.11. The highest BCUT2D eigenvalue weighted by Crippen LogP contribution is 2.37. The lowest BCUT2D eigenvalue weighted by molar-refractivity contribution is 0.416. The summed E-state index contributed by atoms with van der Waals surface area (Å²) in [5.41, 5.74) is 8.85. The molecule has 90 valence electrons. The lowest BCUT2D eigenvalue weighted by Crippen LogP contribution is -1.97. The van der Waals surface area contributed by atoms with Gasteiger partial charge in [-0.1, -0.05) is 11.6 Å². The van der Waals surface area contributed by atoms with Crippen LogP contribution in [0, 0.1) is 6.92 Å². The Labute approximate surface area is 109 Å². The minimum Gasteiger partial charge on any atom is -0.496 e. The Morgan fingerprint density at radius 1 is 1.41 bits per heavy atom. The predicted octanol–water partition coefficient (Wildman–Crippen LogP) is 2.75. The van der Waals surface area contributed by atoms with Gasteiger partial charge in [0.05, 0.1) is 17.3 Å². The number of anilines is 1. The maximum Gasteiger partial charge on any atom is 0.160 e. The van der Waals surface area contributed by atoms with Gasteiger partial charge in [0.25, 0.3) is 0 Å². The van der Waals surface area contributed by atoms with Crippen molar-refractivity contribution in [3.63, 3.8) is 0 Å². The summed E-state index contributed by atoms with van der Waals surface area (Å²) in [7, 11) is 3.51. The number of rotatable bonds is 2. The summed E-state index contributed by atoms with van der Waals surface area (Å²) in [6.45, 7) is 2.04. The van der Waals surface area contributed by atoms with Crippen LogP contribution >= 0.6 is 15.9 Å². The van der Waals surface area contributed by atoms with Crippen molar-refractivity contribution in [1.29, 1.82) is 0 Å². The van der Waals surface area contributed by atoms with Gasteiger partial charge >= 0.3 is 0 Å². The van der Waals surface area contributed by atoms with Gasteiger partial charge in [-0.15, -0.1) is 0 Å². The van der Waals surface area contributed by atoms with Crippen LogP contribution in [0.4, 0.5) is 5.82 Å². The molecular weight excluding hydrogens is 282 g/mol. The molecule has 1 heterocycles. The number of nitrogens with two attached hydrogens (primary N) is 1. The number of aromatic nitrogens is 2. The zero-order valence-electron chi connectivity index (χ0n) is 9.99. The molecule has 0 amide bonds. The molecule has 0 bridgehead atoms. The third-order valence-electron chi connectivity index (χ3n) is 2.62. The topological polar surface area (TPSA) is 53.1 Å². The first-order valence-electron chi connectivity index (χ1n) is 5.17. The van der Waals surface area contributed by atoms with Crippen LogP contribution in [0.5, 0.6) is 5.75 Å². The molecule has 0 fully saturated rings. The molecule has 0 spiro atoms. The molecule has 0 aliphatic heterocycles. The summed E-state index contributed by atoms with van der Waals surface area (Å²) in [5.74, 6) is 1.28. The summed E-state index contributed by atoms with van der Waals surface area (Å²) in [6.07, 6.45) is 0. The van der Waals surface area contributed by atoms with Gasteiger partial charge in [-0.25, -0.2) is 0 Å². The van der Waals surface area contributed by atoms with Crippen LogP contribution in [0.25, 0.3) is 11.3 Å². The first-order chi connectivity index (χ1) is 8.04. The van der Waals surface area contributed by atoms with E-state index in [0.29, 0.717) is 5.82 Å². The van der Waals surface area contributed by atoms with Gasteiger partial charge in [-0.05, 0) is 35.0 Å². The van der Waals surface area contributed by atoms with Crippen LogP contribution in [0.3, 0.4) is 0 Å². The number of nitrogen functional groups attached to an aromatic ring is 1. The van der Waals surface area contributed by atoms with Gasteiger partial charge in [-0.2, -0.15) is 5.10 Å². The maximum atomic E-state index is 5.79. The van der Waals surface area contributed by atoms with E-state index < -0.39 is 0 Å². The Hall–Kier alpha value is -1.49. The molecule has 2 N–H and O–H groups in total. The summed E-state index contributed by atoms with van der Waals surface area (Å²) >= 11 is 3.46. The highest BCUT2D eigenvalue weighted by Gasteiger charge is 2.17. The van der Waals surface area contributed by atoms with Crippen molar-refractivity contribution >= 4 is 21.7 Å². The zero-order chi connectivity index (χ0) is 12.6. The number of aryl methyl sites for hydroxylation is 2. The number of hydrogen-bond donors (Lipinski definition) is 1.